The normalized spacial score (nSPS) is 10.7. The second kappa shape index (κ2) is 6.57. The summed E-state index contributed by atoms with van der Waals surface area (Å²) in [5, 5.41) is 2.93. The van der Waals surface area contributed by atoms with E-state index >= 15 is 0 Å². The Kier molecular flexibility index (Phi) is 3.96. The molecular formula is C20H16N4O. The van der Waals surface area contributed by atoms with Crippen LogP contribution in [0, 0.1) is 0 Å². The van der Waals surface area contributed by atoms with Crippen molar-refractivity contribution in [3.63, 3.8) is 0 Å². The second-order valence-electron chi connectivity index (χ2n) is 5.76. The minimum atomic E-state index is -0.0422. The monoisotopic (exact) mass is 328 g/mol. The highest BCUT2D eigenvalue weighted by molar-refractivity contribution is 5.94. The van der Waals surface area contributed by atoms with Crippen LogP contribution >= 0.6 is 0 Å². The molecule has 25 heavy (non-hydrogen) atoms. The van der Waals surface area contributed by atoms with Crippen molar-refractivity contribution in [1.82, 2.24) is 15.0 Å². The Balaban J connectivity index is 1.54. The molecule has 0 saturated carbocycles. The summed E-state index contributed by atoms with van der Waals surface area (Å²) in [5.41, 5.74) is 4.44. The van der Waals surface area contributed by atoms with Crippen molar-refractivity contribution in [2.24, 2.45) is 0 Å². The average Bonchev–Trinajstić information content (AvgIpc) is 3.06. The van der Waals surface area contributed by atoms with E-state index in [4.69, 9.17) is 0 Å². The zero-order valence-electron chi connectivity index (χ0n) is 13.4. The van der Waals surface area contributed by atoms with Gasteiger partial charge in [-0.2, -0.15) is 0 Å². The first-order valence-corrected chi connectivity index (χ1v) is 8.02. The highest BCUT2D eigenvalue weighted by atomic mass is 16.1. The first-order chi connectivity index (χ1) is 12.3. The Bertz CT molecular complexity index is 1010. The molecule has 0 radical (unpaired) electrons. The van der Waals surface area contributed by atoms with Crippen molar-refractivity contribution in [2.45, 2.75) is 6.42 Å². The van der Waals surface area contributed by atoms with E-state index < -0.39 is 0 Å². The van der Waals surface area contributed by atoms with E-state index in [0.717, 1.165) is 33.7 Å². The molecule has 0 fully saturated rings. The van der Waals surface area contributed by atoms with Crippen molar-refractivity contribution < 1.29 is 4.79 Å². The molecule has 5 heteroatoms. The van der Waals surface area contributed by atoms with Gasteiger partial charge in [0, 0.05) is 23.6 Å². The van der Waals surface area contributed by atoms with Gasteiger partial charge in [0.25, 0.3) is 0 Å². The Labute approximate surface area is 144 Å². The molecule has 1 amide bonds. The number of carbonyl (C=O) groups is 1. The molecule has 2 aromatic heterocycles. The topological polar surface area (TPSA) is 70.7 Å². The number of rotatable bonds is 4. The molecule has 4 aromatic rings. The van der Waals surface area contributed by atoms with Crippen LogP contribution in [0.1, 0.15) is 5.56 Å². The minimum absolute atomic E-state index is 0.0422. The molecule has 0 bridgehead atoms. The molecular weight excluding hydrogens is 312 g/mol. The molecule has 5 nitrogen and oxygen atoms in total. The van der Waals surface area contributed by atoms with Gasteiger partial charge in [0.1, 0.15) is 5.82 Å². The Hall–Kier alpha value is -3.47. The maximum atomic E-state index is 12.2. The average molecular weight is 328 g/mol. The number of H-pyrrole nitrogens is 1. The van der Waals surface area contributed by atoms with E-state index in [0.29, 0.717) is 6.42 Å². The standard InChI is InChI=1S/C20H16N4O/c25-19(12-14-4-2-1-3-5-14)22-16-6-7-17-18(13-16)24-20(23-17)15-8-10-21-11-9-15/h1-11,13H,12H2,(H,22,25)(H,23,24). The van der Waals surface area contributed by atoms with E-state index in [1.165, 1.54) is 0 Å². The number of carbonyl (C=O) groups excluding carboxylic acids is 1. The van der Waals surface area contributed by atoms with Gasteiger partial charge in [-0.15, -0.1) is 0 Å². The number of benzene rings is 2. The fourth-order valence-electron chi connectivity index (χ4n) is 2.72. The number of nitrogens with one attached hydrogen (secondary N) is 2. The zero-order chi connectivity index (χ0) is 17.1. The third-order valence-electron chi connectivity index (χ3n) is 3.93. The second-order valence-corrected chi connectivity index (χ2v) is 5.76. The van der Waals surface area contributed by atoms with Gasteiger partial charge < -0.3 is 10.3 Å². The van der Waals surface area contributed by atoms with Gasteiger partial charge in [-0.25, -0.2) is 4.98 Å². The van der Waals surface area contributed by atoms with Gasteiger partial charge in [0.2, 0.25) is 5.91 Å². The summed E-state index contributed by atoms with van der Waals surface area (Å²) in [6.07, 6.45) is 3.82. The lowest BCUT2D eigenvalue weighted by Gasteiger charge is -2.05. The molecule has 0 aliphatic rings. The van der Waals surface area contributed by atoms with Crippen molar-refractivity contribution >= 4 is 22.6 Å². The third-order valence-corrected chi connectivity index (χ3v) is 3.93. The lowest BCUT2D eigenvalue weighted by molar-refractivity contribution is -0.115. The van der Waals surface area contributed by atoms with E-state index in [1.54, 1.807) is 12.4 Å². The number of anilines is 1. The van der Waals surface area contributed by atoms with E-state index in [-0.39, 0.29) is 5.91 Å². The summed E-state index contributed by atoms with van der Waals surface area (Å²) >= 11 is 0. The predicted molar refractivity (Wildman–Crippen MR) is 98.1 cm³/mol. The van der Waals surface area contributed by atoms with Gasteiger partial charge in [-0.05, 0) is 35.9 Å². The summed E-state index contributed by atoms with van der Waals surface area (Å²) in [5.74, 6) is 0.740. The number of fused-ring (bicyclic) bond motifs is 1. The fraction of sp³-hybridized carbons (Fsp3) is 0.0500. The lowest BCUT2D eigenvalue weighted by Crippen LogP contribution is -2.14. The molecule has 122 valence electrons. The fourth-order valence-corrected chi connectivity index (χ4v) is 2.72. The number of aromatic amines is 1. The van der Waals surface area contributed by atoms with Crippen LogP contribution in [-0.4, -0.2) is 20.9 Å². The first kappa shape index (κ1) is 15.1. The van der Waals surface area contributed by atoms with Crippen LogP contribution in [0.2, 0.25) is 0 Å². The molecule has 0 unspecified atom stereocenters. The summed E-state index contributed by atoms with van der Waals surface area (Å²) in [4.78, 5) is 24.1. The summed E-state index contributed by atoms with van der Waals surface area (Å²) in [7, 11) is 0. The van der Waals surface area contributed by atoms with Gasteiger partial charge in [-0.3, -0.25) is 9.78 Å². The van der Waals surface area contributed by atoms with Crippen LogP contribution in [0.5, 0.6) is 0 Å². The zero-order valence-corrected chi connectivity index (χ0v) is 13.4. The number of nitrogens with zero attached hydrogens (tertiary/aromatic N) is 2. The summed E-state index contributed by atoms with van der Waals surface area (Å²) < 4.78 is 0. The third kappa shape index (κ3) is 3.40. The number of aromatic nitrogens is 3. The predicted octanol–water partition coefficient (Wildman–Crippen LogP) is 3.81. The molecule has 0 aliphatic heterocycles. The Morgan fingerprint density at radius 1 is 1.00 bits per heavy atom. The highest BCUT2D eigenvalue weighted by Gasteiger charge is 2.08. The quantitative estimate of drug-likeness (QED) is 0.598. The maximum Gasteiger partial charge on any atom is 0.228 e. The number of hydrogen-bond acceptors (Lipinski definition) is 3. The maximum absolute atomic E-state index is 12.2. The Morgan fingerprint density at radius 2 is 1.80 bits per heavy atom. The molecule has 0 aliphatic carbocycles. The minimum Gasteiger partial charge on any atom is -0.338 e. The van der Waals surface area contributed by atoms with Gasteiger partial charge in [0.15, 0.2) is 0 Å². The van der Waals surface area contributed by atoms with Gasteiger partial charge in [-0.1, -0.05) is 30.3 Å². The Morgan fingerprint density at radius 3 is 2.60 bits per heavy atom. The van der Waals surface area contributed by atoms with Crippen LogP contribution in [0.25, 0.3) is 22.4 Å². The molecule has 2 aromatic carbocycles. The molecule has 2 heterocycles. The highest BCUT2D eigenvalue weighted by Crippen LogP contribution is 2.22. The van der Waals surface area contributed by atoms with Crippen molar-refractivity contribution in [3.05, 3.63) is 78.6 Å². The molecule has 0 saturated heterocycles. The summed E-state index contributed by atoms with van der Waals surface area (Å²) in [6.45, 7) is 0. The lowest BCUT2D eigenvalue weighted by atomic mass is 10.1. The van der Waals surface area contributed by atoms with Crippen molar-refractivity contribution in [2.75, 3.05) is 5.32 Å². The summed E-state index contributed by atoms with van der Waals surface area (Å²) in [6, 6.07) is 19.2. The molecule has 4 rings (SSSR count). The van der Waals surface area contributed by atoms with E-state index in [2.05, 4.69) is 20.3 Å². The first-order valence-electron chi connectivity index (χ1n) is 8.02. The van der Waals surface area contributed by atoms with Gasteiger partial charge >= 0.3 is 0 Å². The van der Waals surface area contributed by atoms with Gasteiger partial charge in [0.05, 0.1) is 17.5 Å². The molecule has 0 atom stereocenters. The number of pyridine rings is 1. The van der Waals surface area contributed by atoms with E-state index in [1.807, 2.05) is 60.7 Å². The van der Waals surface area contributed by atoms with Crippen LogP contribution in [0.4, 0.5) is 5.69 Å². The van der Waals surface area contributed by atoms with E-state index in [9.17, 15) is 4.79 Å². The smallest absolute Gasteiger partial charge is 0.228 e. The number of amides is 1. The number of imidazole rings is 1. The van der Waals surface area contributed by atoms with Crippen LogP contribution < -0.4 is 5.32 Å². The van der Waals surface area contributed by atoms with Crippen LogP contribution in [0.15, 0.2) is 73.1 Å². The van der Waals surface area contributed by atoms with Crippen molar-refractivity contribution in [3.8, 4) is 11.4 Å². The SMILES string of the molecule is O=C(Cc1ccccc1)Nc1ccc2nc(-c3ccncc3)[nH]c2c1. The van der Waals surface area contributed by atoms with Crippen LogP contribution in [0.3, 0.4) is 0 Å². The molecule has 0 spiro atoms. The molecule has 2 N–H and O–H groups in total. The van der Waals surface area contributed by atoms with Crippen LogP contribution in [-0.2, 0) is 11.2 Å². The number of hydrogen-bond donors (Lipinski definition) is 2. The largest absolute Gasteiger partial charge is 0.338 e. The van der Waals surface area contributed by atoms with Crippen molar-refractivity contribution in [1.29, 1.82) is 0 Å².